The molecule has 2 amide bonds. The number of carbonyl (C=O) groups is 2. The van der Waals surface area contributed by atoms with Crippen molar-refractivity contribution in [1.29, 1.82) is 0 Å². The van der Waals surface area contributed by atoms with Crippen LogP contribution >= 0.6 is 15.9 Å². The Morgan fingerprint density at radius 1 is 1.06 bits per heavy atom. The summed E-state index contributed by atoms with van der Waals surface area (Å²) in [4.78, 5) is 27.8. The topological polar surface area (TPSA) is 96.0 Å². The van der Waals surface area contributed by atoms with Gasteiger partial charge in [0, 0.05) is 17.1 Å². The minimum Gasteiger partial charge on any atom is -0.497 e. The summed E-state index contributed by atoms with van der Waals surface area (Å²) in [6.45, 7) is 5.19. The van der Waals surface area contributed by atoms with Crippen LogP contribution in [0, 0.1) is 0 Å². The van der Waals surface area contributed by atoms with E-state index in [4.69, 9.17) is 4.74 Å². The van der Waals surface area contributed by atoms with Crippen molar-refractivity contribution in [1.82, 2.24) is 10.2 Å². The quantitative estimate of drug-likeness (QED) is 0.459. The molecule has 0 bridgehead atoms. The fraction of sp³-hybridized carbons (Fsp3) is 0.417. The first-order valence-corrected chi connectivity index (χ1v) is 13.6. The van der Waals surface area contributed by atoms with Crippen LogP contribution in [0.25, 0.3) is 0 Å². The number of anilines is 1. The van der Waals surface area contributed by atoms with Crippen LogP contribution in [0.4, 0.5) is 5.69 Å². The highest BCUT2D eigenvalue weighted by molar-refractivity contribution is 9.10. The standard InChI is InChI=1S/C24H32BrN3O5S/c1-6-17(2)26-24(30)18(3)27(15-19-7-13-22(33-4)14-8-19)23(29)16-28(34(5,31)32)21-11-9-20(25)10-12-21/h7-14,17-18H,6,15-16H2,1-5H3,(H,26,30)/t17-,18-/m1/s1. The number of ether oxygens (including phenoxy) is 1. The van der Waals surface area contributed by atoms with Crippen molar-refractivity contribution < 1.29 is 22.7 Å². The third-order valence-electron chi connectivity index (χ3n) is 5.47. The zero-order valence-corrected chi connectivity index (χ0v) is 22.5. The number of nitrogens with one attached hydrogen (secondary N) is 1. The fourth-order valence-electron chi connectivity index (χ4n) is 3.20. The zero-order valence-electron chi connectivity index (χ0n) is 20.1. The molecule has 2 aromatic rings. The van der Waals surface area contributed by atoms with E-state index >= 15 is 0 Å². The zero-order chi connectivity index (χ0) is 25.5. The molecule has 2 aromatic carbocycles. The Balaban J connectivity index is 2.36. The smallest absolute Gasteiger partial charge is 0.244 e. The highest BCUT2D eigenvalue weighted by Crippen LogP contribution is 2.22. The van der Waals surface area contributed by atoms with Gasteiger partial charge in [-0.25, -0.2) is 8.42 Å². The Morgan fingerprint density at radius 2 is 1.65 bits per heavy atom. The van der Waals surface area contributed by atoms with Gasteiger partial charge in [0.1, 0.15) is 18.3 Å². The molecule has 0 aliphatic carbocycles. The average Bonchev–Trinajstić information content (AvgIpc) is 2.80. The Kier molecular flexibility index (Phi) is 9.93. The predicted molar refractivity (Wildman–Crippen MR) is 137 cm³/mol. The molecule has 2 atom stereocenters. The lowest BCUT2D eigenvalue weighted by atomic mass is 10.1. The van der Waals surface area contributed by atoms with Crippen molar-refractivity contribution in [2.45, 2.75) is 45.8 Å². The number of hydrogen-bond acceptors (Lipinski definition) is 5. The number of carbonyl (C=O) groups excluding carboxylic acids is 2. The van der Waals surface area contributed by atoms with Gasteiger partial charge in [-0.1, -0.05) is 35.0 Å². The van der Waals surface area contributed by atoms with E-state index in [1.165, 1.54) is 4.90 Å². The molecule has 0 fully saturated rings. The molecular formula is C24H32BrN3O5S. The molecule has 0 aliphatic rings. The molecule has 8 nitrogen and oxygen atoms in total. The molecule has 186 valence electrons. The monoisotopic (exact) mass is 553 g/mol. The molecule has 0 aliphatic heterocycles. The SMILES string of the molecule is CC[C@@H](C)NC(=O)[C@@H](C)N(Cc1ccc(OC)cc1)C(=O)CN(c1ccc(Br)cc1)S(C)(=O)=O. The number of benzene rings is 2. The summed E-state index contributed by atoms with van der Waals surface area (Å²) >= 11 is 3.33. The number of halogens is 1. The summed E-state index contributed by atoms with van der Waals surface area (Å²) < 4.78 is 32.1. The van der Waals surface area contributed by atoms with Crippen LogP contribution in [0.3, 0.4) is 0 Å². The molecule has 0 saturated carbocycles. The van der Waals surface area contributed by atoms with Crippen molar-refractivity contribution in [3.63, 3.8) is 0 Å². The summed E-state index contributed by atoms with van der Waals surface area (Å²) in [6.07, 6.45) is 1.80. The molecule has 0 saturated heterocycles. The summed E-state index contributed by atoms with van der Waals surface area (Å²) in [6, 6.07) is 12.9. The van der Waals surface area contributed by atoms with Crippen molar-refractivity contribution in [2.24, 2.45) is 0 Å². The summed E-state index contributed by atoms with van der Waals surface area (Å²) in [5.74, 6) is -0.121. The van der Waals surface area contributed by atoms with Gasteiger partial charge < -0.3 is 15.0 Å². The summed E-state index contributed by atoms with van der Waals surface area (Å²) in [5.41, 5.74) is 1.15. The van der Waals surface area contributed by atoms with Crippen molar-refractivity contribution >= 4 is 43.5 Å². The van der Waals surface area contributed by atoms with E-state index in [9.17, 15) is 18.0 Å². The minimum atomic E-state index is -3.76. The maximum absolute atomic E-state index is 13.5. The average molecular weight is 555 g/mol. The lowest BCUT2D eigenvalue weighted by Gasteiger charge is -2.32. The Morgan fingerprint density at radius 3 is 2.15 bits per heavy atom. The molecule has 0 heterocycles. The van der Waals surface area contributed by atoms with Crippen LogP contribution in [0.1, 0.15) is 32.8 Å². The van der Waals surface area contributed by atoms with E-state index in [2.05, 4.69) is 21.2 Å². The normalized spacial score (nSPS) is 13.0. The van der Waals surface area contributed by atoms with Gasteiger partial charge in [-0.05, 0) is 62.2 Å². The molecule has 0 spiro atoms. The van der Waals surface area contributed by atoms with Gasteiger partial charge in [-0.3, -0.25) is 13.9 Å². The van der Waals surface area contributed by atoms with Crippen LogP contribution in [0.2, 0.25) is 0 Å². The largest absolute Gasteiger partial charge is 0.497 e. The van der Waals surface area contributed by atoms with E-state index < -0.39 is 28.5 Å². The molecule has 0 radical (unpaired) electrons. The third-order valence-corrected chi connectivity index (χ3v) is 7.14. The number of rotatable bonds is 11. The number of methoxy groups -OCH3 is 1. The van der Waals surface area contributed by atoms with Crippen LogP contribution in [-0.4, -0.2) is 57.1 Å². The number of hydrogen-bond donors (Lipinski definition) is 1. The van der Waals surface area contributed by atoms with E-state index in [1.54, 1.807) is 50.4 Å². The van der Waals surface area contributed by atoms with Crippen LogP contribution in [0.5, 0.6) is 5.75 Å². The van der Waals surface area contributed by atoms with Crippen LogP contribution in [0.15, 0.2) is 53.0 Å². The lowest BCUT2D eigenvalue weighted by Crippen LogP contribution is -2.52. The van der Waals surface area contributed by atoms with Crippen molar-refractivity contribution in [3.8, 4) is 5.75 Å². The van der Waals surface area contributed by atoms with Crippen LogP contribution in [-0.2, 0) is 26.2 Å². The molecule has 0 unspecified atom stereocenters. The van der Waals surface area contributed by atoms with Gasteiger partial charge in [0.25, 0.3) is 0 Å². The Bertz CT molecular complexity index is 1070. The highest BCUT2D eigenvalue weighted by Gasteiger charge is 2.30. The molecular weight excluding hydrogens is 522 g/mol. The van der Waals surface area contributed by atoms with Crippen molar-refractivity contribution in [2.75, 3.05) is 24.2 Å². The van der Waals surface area contributed by atoms with Crippen LogP contribution < -0.4 is 14.4 Å². The van der Waals surface area contributed by atoms with Gasteiger partial charge in [0.2, 0.25) is 21.8 Å². The molecule has 2 rings (SSSR count). The first kappa shape index (κ1) is 27.7. The molecule has 0 aromatic heterocycles. The van der Waals surface area contributed by atoms with E-state index in [0.717, 1.165) is 27.0 Å². The maximum atomic E-state index is 13.5. The van der Waals surface area contributed by atoms with E-state index in [0.29, 0.717) is 11.4 Å². The van der Waals surface area contributed by atoms with Crippen molar-refractivity contribution in [3.05, 3.63) is 58.6 Å². The van der Waals surface area contributed by atoms with E-state index in [1.807, 2.05) is 26.0 Å². The van der Waals surface area contributed by atoms with Gasteiger partial charge in [-0.2, -0.15) is 0 Å². The minimum absolute atomic E-state index is 0.0526. The molecule has 1 N–H and O–H groups in total. The van der Waals surface area contributed by atoms with Gasteiger partial charge >= 0.3 is 0 Å². The maximum Gasteiger partial charge on any atom is 0.244 e. The summed E-state index contributed by atoms with van der Waals surface area (Å²) in [5, 5.41) is 2.90. The first-order chi connectivity index (χ1) is 16.0. The second-order valence-corrected chi connectivity index (χ2v) is 10.9. The third kappa shape index (κ3) is 7.73. The van der Waals surface area contributed by atoms with E-state index in [-0.39, 0.29) is 18.5 Å². The number of sulfonamides is 1. The molecule has 10 heteroatoms. The number of amides is 2. The Hall–Kier alpha value is -2.59. The fourth-order valence-corrected chi connectivity index (χ4v) is 4.31. The predicted octanol–water partition coefficient (Wildman–Crippen LogP) is 3.56. The number of nitrogens with zero attached hydrogens (tertiary/aromatic N) is 2. The Labute approximate surface area is 210 Å². The van der Waals surface area contributed by atoms with Gasteiger partial charge in [0.15, 0.2) is 0 Å². The summed E-state index contributed by atoms with van der Waals surface area (Å²) in [7, 11) is -2.19. The second-order valence-electron chi connectivity index (χ2n) is 8.11. The lowest BCUT2D eigenvalue weighted by molar-refractivity contribution is -0.139. The van der Waals surface area contributed by atoms with Gasteiger partial charge in [0.05, 0.1) is 19.1 Å². The first-order valence-electron chi connectivity index (χ1n) is 10.9. The molecule has 34 heavy (non-hydrogen) atoms. The highest BCUT2D eigenvalue weighted by atomic mass is 79.9. The second kappa shape index (κ2) is 12.2. The van der Waals surface area contributed by atoms with Gasteiger partial charge in [-0.15, -0.1) is 0 Å².